The van der Waals surface area contributed by atoms with Crippen LogP contribution in [0.5, 0.6) is 0 Å². The zero-order valence-electron chi connectivity index (χ0n) is 12.7. The summed E-state index contributed by atoms with van der Waals surface area (Å²) in [4.78, 5) is 19.3. The van der Waals surface area contributed by atoms with Crippen molar-refractivity contribution in [3.8, 4) is 0 Å². The van der Waals surface area contributed by atoms with Crippen LogP contribution in [0, 0.1) is 6.92 Å². The van der Waals surface area contributed by atoms with Gasteiger partial charge < -0.3 is 15.6 Å². The van der Waals surface area contributed by atoms with E-state index in [1.807, 2.05) is 37.3 Å². The second-order valence-electron chi connectivity index (χ2n) is 5.29. The average molecular weight is 329 g/mol. The number of hydrogen-bond acceptors (Lipinski definition) is 3. The standard InChI is InChI=1S/C17H17ClN4O/c1-11-8-13(18)9-12-10-15(22-16(11)12)17(23)21-7-6-20-14-2-4-19-5-3-14/h2-5,8-10,22H,6-7H2,1H3,(H,19,20)(H,21,23). The quantitative estimate of drug-likeness (QED) is 0.629. The number of fused-ring (bicyclic) bond motifs is 1. The molecule has 23 heavy (non-hydrogen) atoms. The predicted molar refractivity (Wildman–Crippen MR) is 93.1 cm³/mol. The second kappa shape index (κ2) is 6.71. The average Bonchev–Trinajstić information content (AvgIpc) is 2.97. The first-order chi connectivity index (χ1) is 11.1. The Kier molecular flexibility index (Phi) is 4.48. The van der Waals surface area contributed by atoms with Crippen LogP contribution in [-0.2, 0) is 0 Å². The van der Waals surface area contributed by atoms with E-state index in [4.69, 9.17) is 11.6 Å². The van der Waals surface area contributed by atoms with Crippen LogP contribution < -0.4 is 10.6 Å². The molecule has 0 saturated heterocycles. The third-order valence-corrected chi connectivity index (χ3v) is 3.77. The van der Waals surface area contributed by atoms with Crippen molar-refractivity contribution < 1.29 is 4.79 Å². The molecule has 1 amide bonds. The van der Waals surface area contributed by atoms with Gasteiger partial charge in [-0.2, -0.15) is 0 Å². The van der Waals surface area contributed by atoms with E-state index < -0.39 is 0 Å². The normalized spacial score (nSPS) is 10.7. The van der Waals surface area contributed by atoms with Crippen molar-refractivity contribution in [1.29, 1.82) is 0 Å². The molecule has 0 atom stereocenters. The molecule has 6 heteroatoms. The number of aryl methyl sites for hydroxylation is 1. The van der Waals surface area contributed by atoms with Crippen LogP contribution in [0.4, 0.5) is 5.69 Å². The van der Waals surface area contributed by atoms with E-state index in [0.717, 1.165) is 22.2 Å². The smallest absolute Gasteiger partial charge is 0.267 e. The van der Waals surface area contributed by atoms with E-state index in [2.05, 4.69) is 20.6 Å². The molecular weight excluding hydrogens is 312 g/mol. The van der Waals surface area contributed by atoms with E-state index in [9.17, 15) is 4.79 Å². The fourth-order valence-corrected chi connectivity index (χ4v) is 2.73. The molecule has 2 aromatic heterocycles. The van der Waals surface area contributed by atoms with Crippen molar-refractivity contribution in [2.45, 2.75) is 6.92 Å². The molecule has 3 rings (SSSR count). The van der Waals surface area contributed by atoms with Crippen molar-refractivity contribution in [1.82, 2.24) is 15.3 Å². The zero-order chi connectivity index (χ0) is 16.2. The van der Waals surface area contributed by atoms with Crippen LogP contribution in [0.2, 0.25) is 5.02 Å². The summed E-state index contributed by atoms with van der Waals surface area (Å²) in [6.07, 6.45) is 3.44. The lowest BCUT2D eigenvalue weighted by Gasteiger charge is -2.06. The van der Waals surface area contributed by atoms with Crippen molar-refractivity contribution >= 4 is 34.1 Å². The number of H-pyrrole nitrogens is 1. The molecule has 0 aliphatic rings. The first-order valence-corrected chi connectivity index (χ1v) is 7.72. The molecule has 2 heterocycles. The molecule has 3 aromatic rings. The highest BCUT2D eigenvalue weighted by Crippen LogP contribution is 2.23. The summed E-state index contributed by atoms with van der Waals surface area (Å²) in [6.45, 7) is 3.13. The zero-order valence-corrected chi connectivity index (χ0v) is 13.4. The lowest BCUT2D eigenvalue weighted by molar-refractivity contribution is 0.0951. The summed E-state index contributed by atoms with van der Waals surface area (Å²) < 4.78 is 0. The van der Waals surface area contributed by atoms with Gasteiger partial charge in [0.1, 0.15) is 5.69 Å². The van der Waals surface area contributed by atoms with Gasteiger partial charge in [0.2, 0.25) is 0 Å². The van der Waals surface area contributed by atoms with Gasteiger partial charge in [-0.15, -0.1) is 0 Å². The SMILES string of the molecule is Cc1cc(Cl)cc2cc(C(=O)NCCNc3ccncc3)[nH]c12. The summed E-state index contributed by atoms with van der Waals surface area (Å²) in [5.74, 6) is -0.131. The lowest BCUT2D eigenvalue weighted by Crippen LogP contribution is -2.28. The molecule has 0 saturated carbocycles. The number of nitrogens with one attached hydrogen (secondary N) is 3. The number of hydrogen-bond donors (Lipinski definition) is 3. The molecule has 0 spiro atoms. The molecule has 1 aromatic carbocycles. The van der Waals surface area contributed by atoms with Gasteiger partial charge in [0, 0.05) is 47.1 Å². The fourth-order valence-electron chi connectivity index (χ4n) is 2.45. The maximum Gasteiger partial charge on any atom is 0.267 e. The Morgan fingerprint density at radius 3 is 2.78 bits per heavy atom. The highest BCUT2D eigenvalue weighted by molar-refractivity contribution is 6.31. The van der Waals surface area contributed by atoms with Gasteiger partial charge in [0.25, 0.3) is 5.91 Å². The highest BCUT2D eigenvalue weighted by atomic mass is 35.5. The molecule has 0 aliphatic carbocycles. The third kappa shape index (κ3) is 3.63. The van der Waals surface area contributed by atoms with Crippen LogP contribution >= 0.6 is 11.6 Å². The van der Waals surface area contributed by atoms with Gasteiger partial charge in [0.05, 0.1) is 0 Å². The van der Waals surface area contributed by atoms with Crippen molar-refractivity contribution in [3.63, 3.8) is 0 Å². The Labute approximate surface area is 139 Å². The third-order valence-electron chi connectivity index (χ3n) is 3.55. The number of pyridine rings is 1. The summed E-state index contributed by atoms with van der Waals surface area (Å²) in [5, 5.41) is 7.70. The van der Waals surface area contributed by atoms with E-state index >= 15 is 0 Å². The molecule has 0 radical (unpaired) electrons. The van der Waals surface area contributed by atoms with E-state index in [0.29, 0.717) is 23.8 Å². The van der Waals surface area contributed by atoms with Gasteiger partial charge in [-0.25, -0.2) is 0 Å². The maximum absolute atomic E-state index is 12.2. The molecule has 0 unspecified atom stereocenters. The maximum atomic E-state index is 12.2. The van der Waals surface area contributed by atoms with Crippen LogP contribution in [0.25, 0.3) is 10.9 Å². The van der Waals surface area contributed by atoms with Gasteiger partial charge in [0.15, 0.2) is 0 Å². The van der Waals surface area contributed by atoms with Gasteiger partial charge >= 0.3 is 0 Å². The van der Waals surface area contributed by atoms with Crippen molar-refractivity contribution in [2.24, 2.45) is 0 Å². The minimum Gasteiger partial charge on any atom is -0.383 e. The number of rotatable bonds is 5. The number of carbonyl (C=O) groups excluding carboxylic acids is 1. The Morgan fingerprint density at radius 2 is 2.00 bits per heavy atom. The number of amides is 1. The fraction of sp³-hybridized carbons (Fsp3) is 0.176. The number of aromatic nitrogens is 2. The first kappa shape index (κ1) is 15.4. The summed E-state index contributed by atoms with van der Waals surface area (Å²) in [7, 11) is 0. The Bertz CT molecular complexity index is 829. The summed E-state index contributed by atoms with van der Waals surface area (Å²) >= 11 is 6.05. The molecular formula is C17H17ClN4O. The predicted octanol–water partition coefficient (Wildman–Crippen LogP) is 3.37. The van der Waals surface area contributed by atoms with E-state index in [1.54, 1.807) is 12.4 Å². The number of carbonyl (C=O) groups is 1. The van der Waals surface area contributed by atoms with Crippen LogP contribution in [0.3, 0.4) is 0 Å². The number of aromatic amines is 1. The molecule has 0 bridgehead atoms. The monoisotopic (exact) mass is 328 g/mol. The molecule has 3 N–H and O–H groups in total. The molecule has 0 aliphatic heterocycles. The van der Waals surface area contributed by atoms with Crippen LogP contribution in [0.15, 0.2) is 42.7 Å². The topological polar surface area (TPSA) is 69.8 Å². The van der Waals surface area contributed by atoms with Crippen molar-refractivity contribution in [2.75, 3.05) is 18.4 Å². The minimum atomic E-state index is -0.131. The lowest BCUT2D eigenvalue weighted by atomic mass is 10.2. The Balaban J connectivity index is 1.59. The molecule has 5 nitrogen and oxygen atoms in total. The summed E-state index contributed by atoms with van der Waals surface area (Å²) in [6, 6.07) is 9.31. The molecule has 118 valence electrons. The summed E-state index contributed by atoms with van der Waals surface area (Å²) in [5.41, 5.74) is 3.47. The van der Waals surface area contributed by atoms with Crippen LogP contribution in [-0.4, -0.2) is 29.0 Å². The Hall–Kier alpha value is -2.53. The minimum absolute atomic E-state index is 0.131. The highest BCUT2D eigenvalue weighted by Gasteiger charge is 2.10. The first-order valence-electron chi connectivity index (χ1n) is 7.34. The number of nitrogens with zero attached hydrogens (tertiary/aromatic N) is 1. The number of benzene rings is 1. The van der Waals surface area contributed by atoms with E-state index in [-0.39, 0.29) is 5.91 Å². The van der Waals surface area contributed by atoms with Gasteiger partial charge in [-0.3, -0.25) is 9.78 Å². The van der Waals surface area contributed by atoms with E-state index in [1.165, 1.54) is 0 Å². The van der Waals surface area contributed by atoms with Gasteiger partial charge in [-0.05, 0) is 42.8 Å². The molecule has 0 fully saturated rings. The largest absolute Gasteiger partial charge is 0.383 e. The van der Waals surface area contributed by atoms with Crippen LogP contribution in [0.1, 0.15) is 16.1 Å². The van der Waals surface area contributed by atoms with Crippen molar-refractivity contribution in [3.05, 3.63) is 59.0 Å². The van der Waals surface area contributed by atoms with Gasteiger partial charge in [-0.1, -0.05) is 11.6 Å². The Morgan fingerprint density at radius 1 is 1.22 bits per heavy atom. The number of anilines is 1. The number of halogens is 1. The second-order valence-corrected chi connectivity index (χ2v) is 5.72.